The second kappa shape index (κ2) is 10.1. The van der Waals surface area contributed by atoms with Crippen molar-refractivity contribution in [1.82, 2.24) is 15.1 Å². The van der Waals surface area contributed by atoms with Gasteiger partial charge in [-0.05, 0) is 54.7 Å². The fourth-order valence-electron chi connectivity index (χ4n) is 4.87. The number of hydrogen-bond acceptors (Lipinski definition) is 4. The summed E-state index contributed by atoms with van der Waals surface area (Å²) < 4.78 is 5.82. The Hall–Kier alpha value is -2.63. The van der Waals surface area contributed by atoms with Crippen LogP contribution in [0, 0.1) is 12.8 Å². The summed E-state index contributed by atoms with van der Waals surface area (Å²) in [5.74, 6) is 0.811. The average molecular weight is 484 g/mol. The molecule has 3 aromatic rings. The zero-order valence-corrected chi connectivity index (χ0v) is 20.3. The normalized spacial score (nSPS) is 21.8. The number of rotatable bonds is 7. The minimum Gasteiger partial charge on any atom is -0.423 e. The van der Waals surface area contributed by atoms with E-state index in [2.05, 4.69) is 22.8 Å². The van der Waals surface area contributed by atoms with E-state index in [1.54, 1.807) is 6.92 Å². The van der Waals surface area contributed by atoms with Crippen LogP contribution in [-0.4, -0.2) is 21.0 Å². The average Bonchev–Trinajstić information content (AvgIpc) is 3.23. The van der Waals surface area contributed by atoms with Gasteiger partial charge in [0.1, 0.15) is 6.04 Å². The number of nitrogens with zero attached hydrogens (tertiary/aromatic N) is 3. The number of allylic oxidation sites excluding steroid dienone is 1. The van der Waals surface area contributed by atoms with E-state index in [4.69, 9.17) is 27.6 Å². The van der Waals surface area contributed by atoms with Gasteiger partial charge in [-0.1, -0.05) is 60.5 Å². The maximum Gasteiger partial charge on any atom is 0.238 e. The van der Waals surface area contributed by atoms with E-state index in [0.29, 0.717) is 41.1 Å². The Balaban J connectivity index is 1.90. The van der Waals surface area contributed by atoms with Gasteiger partial charge >= 0.3 is 0 Å². The fraction of sp³-hybridized carbons (Fsp3) is 0.346. The Morgan fingerprint density at radius 3 is 2.52 bits per heavy atom. The highest BCUT2D eigenvalue weighted by atomic mass is 35.5. The first kappa shape index (κ1) is 23.5. The van der Waals surface area contributed by atoms with Crippen molar-refractivity contribution >= 4 is 29.1 Å². The molecule has 1 fully saturated rings. The summed E-state index contributed by atoms with van der Waals surface area (Å²) in [6.45, 7) is 7.68. The first-order chi connectivity index (χ1) is 15.9. The number of halogens is 2. The molecule has 2 heterocycles. The number of piperidine rings is 1. The molecule has 1 amide bonds. The number of aryl methyl sites for hydroxylation is 1. The molecule has 0 saturated carbocycles. The molecular weight excluding hydrogens is 457 g/mol. The van der Waals surface area contributed by atoms with Crippen molar-refractivity contribution in [2.24, 2.45) is 5.92 Å². The Morgan fingerprint density at radius 2 is 1.91 bits per heavy atom. The van der Waals surface area contributed by atoms with E-state index in [-0.39, 0.29) is 29.8 Å². The highest BCUT2D eigenvalue weighted by Gasteiger charge is 2.46. The lowest BCUT2D eigenvalue weighted by atomic mass is 9.74. The van der Waals surface area contributed by atoms with Crippen molar-refractivity contribution in [1.29, 1.82) is 0 Å². The van der Waals surface area contributed by atoms with Crippen molar-refractivity contribution in [3.63, 3.8) is 0 Å². The second-order valence-corrected chi connectivity index (χ2v) is 9.32. The molecule has 0 N–H and O–H groups in total. The van der Waals surface area contributed by atoms with Crippen molar-refractivity contribution in [3.8, 4) is 0 Å². The molecule has 1 aliphatic heterocycles. The van der Waals surface area contributed by atoms with Crippen molar-refractivity contribution in [2.45, 2.75) is 51.1 Å². The molecule has 0 spiro atoms. The highest BCUT2D eigenvalue weighted by Crippen LogP contribution is 2.50. The molecule has 1 saturated heterocycles. The summed E-state index contributed by atoms with van der Waals surface area (Å²) in [6, 6.07) is 15.0. The van der Waals surface area contributed by atoms with Crippen molar-refractivity contribution in [2.75, 3.05) is 0 Å². The number of likely N-dealkylation sites (tertiary alicyclic amines) is 1. The van der Waals surface area contributed by atoms with Crippen LogP contribution >= 0.6 is 23.2 Å². The predicted molar refractivity (Wildman–Crippen MR) is 130 cm³/mol. The number of aromatic nitrogens is 2. The van der Waals surface area contributed by atoms with Gasteiger partial charge in [0.2, 0.25) is 17.7 Å². The molecule has 7 heteroatoms. The molecule has 5 nitrogen and oxygen atoms in total. The Bertz CT molecular complexity index is 1130. The lowest BCUT2D eigenvalue weighted by molar-refractivity contribution is -0.147. The van der Waals surface area contributed by atoms with E-state index >= 15 is 0 Å². The maximum atomic E-state index is 13.9. The van der Waals surface area contributed by atoms with E-state index in [1.165, 1.54) is 0 Å². The van der Waals surface area contributed by atoms with E-state index in [1.807, 2.05) is 60.4 Å². The first-order valence-electron chi connectivity index (χ1n) is 11.2. The standard InChI is InChI=1S/C26H27Cl2N3O2/c1-4-7-19-15-22(18-8-6-9-21(28)14-18)24(17-10-12-20(27)13-11-17)31(26(19)32)23(5-2)25-30-29-16(3)33-25/h4,6,8-14,19,22-24H,1,5,7,15H2,2-3H3/t19-,22+,23?,24+/m0/s1. The second-order valence-electron chi connectivity index (χ2n) is 8.44. The molecule has 0 aliphatic carbocycles. The minimum absolute atomic E-state index is 0.0191. The van der Waals surface area contributed by atoms with Gasteiger partial charge in [0.15, 0.2) is 0 Å². The molecule has 0 radical (unpaired) electrons. The predicted octanol–water partition coefficient (Wildman–Crippen LogP) is 7.09. The van der Waals surface area contributed by atoms with Crippen LogP contribution in [0.1, 0.15) is 67.1 Å². The fourth-order valence-corrected chi connectivity index (χ4v) is 5.19. The molecule has 0 bridgehead atoms. The third-order valence-corrected chi connectivity index (χ3v) is 6.80. The van der Waals surface area contributed by atoms with E-state index in [0.717, 1.165) is 11.1 Å². The number of carbonyl (C=O) groups is 1. The van der Waals surface area contributed by atoms with Crippen LogP contribution in [0.25, 0.3) is 0 Å². The molecule has 1 aromatic heterocycles. The van der Waals surface area contributed by atoms with Gasteiger partial charge in [-0.15, -0.1) is 16.8 Å². The van der Waals surface area contributed by atoms with Crippen molar-refractivity contribution < 1.29 is 9.21 Å². The third kappa shape index (κ3) is 4.85. The van der Waals surface area contributed by atoms with E-state index < -0.39 is 0 Å². The van der Waals surface area contributed by atoms with Gasteiger partial charge in [0.25, 0.3) is 0 Å². The Kier molecular flexibility index (Phi) is 7.20. The summed E-state index contributed by atoms with van der Waals surface area (Å²) >= 11 is 12.6. The van der Waals surface area contributed by atoms with Gasteiger partial charge in [-0.2, -0.15) is 0 Å². The summed E-state index contributed by atoms with van der Waals surface area (Å²) in [5, 5.41) is 9.62. The Labute approximate surface area is 204 Å². The quantitative estimate of drug-likeness (QED) is 0.336. The SMILES string of the molecule is C=CC[C@H]1C[C@H](c2cccc(Cl)c2)[C@@H](c2ccc(Cl)cc2)N(C(CC)c2nnc(C)o2)C1=O. The largest absolute Gasteiger partial charge is 0.423 e. The minimum atomic E-state index is -0.353. The third-order valence-electron chi connectivity index (χ3n) is 6.31. The zero-order chi connectivity index (χ0) is 23.5. The summed E-state index contributed by atoms with van der Waals surface area (Å²) in [6.07, 6.45) is 3.74. The molecule has 2 aromatic carbocycles. The van der Waals surface area contributed by atoms with Crippen LogP contribution in [0.2, 0.25) is 10.0 Å². The molecule has 1 unspecified atom stereocenters. The van der Waals surface area contributed by atoms with Gasteiger partial charge < -0.3 is 9.32 Å². The number of carbonyl (C=O) groups excluding carboxylic acids is 1. The molecule has 172 valence electrons. The Morgan fingerprint density at radius 1 is 1.15 bits per heavy atom. The monoisotopic (exact) mass is 483 g/mol. The van der Waals surface area contributed by atoms with Crippen LogP contribution in [-0.2, 0) is 4.79 Å². The van der Waals surface area contributed by atoms with Gasteiger partial charge in [0, 0.05) is 28.8 Å². The first-order valence-corrected chi connectivity index (χ1v) is 11.9. The molecule has 4 atom stereocenters. The van der Waals surface area contributed by atoms with Crippen LogP contribution in [0.5, 0.6) is 0 Å². The summed E-state index contributed by atoms with van der Waals surface area (Å²) in [7, 11) is 0. The highest BCUT2D eigenvalue weighted by molar-refractivity contribution is 6.30. The van der Waals surface area contributed by atoms with E-state index in [9.17, 15) is 4.79 Å². The van der Waals surface area contributed by atoms with Gasteiger partial charge in [-0.25, -0.2) is 0 Å². The van der Waals surface area contributed by atoms with Crippen LogP contribution < -0.4 is 0 Å². The van der Waals surface area contributed by atoms with Crippen LogP contribution in [0.3, 0.4) is 0 Å². The molecule has 4 rings (SSSR count). The molecular formula is C26H27Cl2N3O2. The van der Waals surface area contributed by atoms with Crippen molar-refractivity contribution in [3.05, 3.63) is 94.1 Å². The summed E-state index contributed by atoms with van der Waals surface area (Å²) in [5.41, 5.74) is 2.09. The molecule has 33 heavy (non-hydrogen) atoms. The topological polar surface area (TPSA) is 59.2 Å². The number of amides is 1. The lowest BCUT2D eigenvalue weighted by Crippen LogP contribution is -2.48. The zero-order valence-electron chi connectivity index (χ0n) is 18.7. The van der Waals surface area contributed by atoms with Crippen LogP contribution in [0.15, 0.2) is 65.6 Å². The number of hydrogen-bond donors (Lipinski definition) is 0. The van der Waals surface area contributed by atoms with Gasteiger partial charge in [-0.3, -0.25) is 4.79 Å². The smallest absolute Gasteiger partial charge is 0.238 e. The van der Waals surface area contributed by atoms with Gasteiger partial charge in [0.05, 0.1) is 6.04 Å². The van der Waals surface area contributed by atoms with Crippen LogP contribution in [0.4, 0.5) is 0 Å². The summed E-state index contributed by atoms with van der Waals surface area (Å²) in [4.78, 5) is 15.9. The number of benzene rings is 2. The lowest BCUT2D eigenvalue weighted by Gasteiger charge is -2.47. The molecule has 1 aliphatic rings. The maximum absolute atomic E-state index is 13.9.